The molecule has 1 aromatic rings. The molecule has 1 aromatic heterocycles. The number of anilines is 1. The first-order valence-electron chi connectivity index (χ1n) is 7.14. The quantitative estimate of drug-likeness (QED) is 0.666. The van der Waals surface area contributed by atoms with Gasteiger partial charge in [0.1, 0.15) is 0 Å². The first kappa shape index (κ1) is 17.4. The van der Waals surface area contributed by atoms with E-state index < -0.39 is 0 Å². The molecule has 0 aliphatic heterocycles. The lowest BCUT2D eigenvalue weighted by molar-refractivity contribution is 0.199. The SMILES string of the molecule is CCN(c1ncc(CNCCOC)s1)C(C)CN(C)C. The molecule has 1 unspecified atom stereocenters. The zero-order valence-corrected chi connectivity index (χ0v) is 14.2. The second-order valence-electron chi connectivity index (χ2n) is 5.18. The van der Waals surface area contributed by atoms with E-state index in [0.29, 0.717) is 6.04 Å². The highest BCUT2D eigenvalue weighted by molar-refractivity contribution is 7.15. The van der Waals surface area contributed by atoms with Crippen LogP contribution in [0.25, 0.3) is 0 Å². The topological polar surface area (TPSA) is 40.6 Å². The molecule has 0 aliphatic rings. The summed E-state index contributed by atoms with van der Waals surface area (Å²) in [6.45, 7) is 8.94. The summed E-state index contributed by atoms with van der Waals surface area (Å²) in [5.41, 5.74) is 0. The average molecular weight is 300 g/mol. The number of rotatable bonds is 10. The van der Waals surface area contributed by atoms with Crippen LogP contribution in [0.5, 0.6) is 0 Å². The van der Waals surface area contributed by atoms with Crippen LogP contribution in [0.4, 0.5) is 5.13 Å². The van der Waals surface area contributed by atoms with Gasteiger partial charge in [-0.25, -0.2) is 4.98 Å². The predicted octanol–water partition coefficient (Wildman–Crippen LogP) is 1.66. The number of likely N-dealkylation sites (N-methyl/N-ethyl adjacent to an activating group) is 2. The molecule has 0 bridgehead atoms. The standard InChI is InChI=1S/C14H28N4OS/c1-6-18(12(2)11-17(3)4)14-16-10-13(20-14)9-15-7-8-19-5/h10,12,15H,6-9,11H2,1-5H3. The summed E-state index contributed by atoms with van der Waals surface area (Å²) >= 11 is 1.77. The first-order chi connectivity index (χ1) is 9.58. The number of hydrogen-bond acceptors (Lipinski definition) is 6. The van der Waals surface area contributed by atoms with Gasteiger partial charge in [0.05, 0.1) is 6.61 Å². The first-order valence-corrected chi connectivity index (χ1v) is 7.95. The molecule has 116 valence electrons. The fourth-order valence-electron chi connectivity index (χ4n) is 2.16. The van der Waals surface area contributed by atoms with Crippen molar-refractivity contribution in [3.8, 4) is 0 Å². The molecule has 0 spiro atoms. The van der Waals surface area contributed by atoms with E-state index in [4.69, 9.17) is 4.74 Å². The average Bonchev–Trinajstić information content (AvgIpc) is 2.83. The molecular weight excluding hydrogens is 272 g/mol. The summed E-state index contributed by atoms with van der Waals surface area (Å²) in [4.78, 5) is 10.4. The maximum atomic E-state index is 5.02. The van der Waals surface area contributed by atoms with Crippen molar-refractivity contribution in [1.82, 2.24) is 15.2 Å². The molecule has 1 atom stereocenters. The lowest BCUT2D eigenvalue weighted by Gasteiger charge is -2.29. The van der Waals surface area contributed by atoms with Crippen LogP contribution in [0.2, 0.25) is 0 Å². The minimum absolute atomic E-state index is 0.468. The maximum Gasteiger partial charge on any atom is 0.185 e. The van der Waals surface area contributed by atoms with Gasteiger partial charge in [-0.1, -0.05) is 0 Å². The zero-order valence-electron chi connectivity index (χ0n) is 13.3. The molecule has 0 aliphatic carbocycles. The third-order valence-corrected chi connectivity index (χ3v) is 4.11. The number of methoxy groups -OCH3 is 1. The molecule has 0 fully saturated rings. The van der Waals surface area contributed by atoms with Gasteiger partial charge in [-0.2, -0.15) is 0 Å². The van der Waals surface area contributed by atoms with Crippen LogP contribution < -0.4 is 10.2 Å². The number of aromatic nitrogens is 1. The molecule has 0 saturated carbocycles. The Morgan fingerprint density at radius 2 is 2.20 bits per heavy atom. The third kappa shape index (κ3) is 5.75. The van der Waals surface area contributed by atoms with Crippen molar-refractivity contribution < 1.29 is 4.74 Å². The van der Waals surface area contributed by atoms with Crippen molar-refractivity contribution in [1.29, 1.82) is 0 Å². The lowest BCUT2D eigenvalue weighted by atomic mass is 10.3. The van der Waals surface area contributed by atoms with Gasteiger partial charge in [0, 0.05) is 50.4 Å². The van der Waals surface area contributed by atoms with Crippen LogP contribution in [0, 0.1) is 0 Å². The molecule has 0 saturated heterocycles. The Balaban J connectivity index is 2.54. The molecule has 0 aromatic carbocycles. The largest absolute Gasteiger partial charge is 0.383 e. The number of thiazole rings is 1. The maximum absolute atomic E-state index is 5.02. The Kier molecular flexibility index (Phi) is 8.06. The van der Waals surface area contributed by atoms with Gasteiger partial charge in [-0.05, 0) is 27.9 Å². The summed E-state index contributed by atoms with van der Waals surface area (Å²) in [5, 5.41) is 4.47. The van der Waals surface area contributed by atoms with Crippen LogP contribution >= 0.6 is 11.3 Å². The summed E-state index contributed by atoms with van der Waals surface area (Å²) in [6, 6.07) is 0.468. The van der Waals surface area contributed by atoms with Crippen LogP contribution in [0.15, 0.2) is 6.20 Å². The Labute approximate surface area is 126 Å². The number of hydrogen-bond donors (Lipinski definition) is 1. The molecular formula is C14H28N4OS. The summed E-state index contributed by atoms with van der Waals surface area (Å²) in [7, 11) is 5.94. The van der Waals surface area contributed by atoms with Gasteiger partial charge in [-0.15, -0.1) is 11.3 Å². The summed E-state index contributed by atoms with van der Waals surface area (Å²) in [6.07, 6.45) is 1.98. The second-order valence-corrected chi connectivity index (χ2v) is 6.27. The number of nitrogens with one attached hydrogen (secondary N) is 1. The van der Waals surface area contributed by atoms with E-state index in [1.807, 2.05) is 6.20 Å². The minimum atomic E-state index is 0.468. The van der Waals surface area contributed by atoms with Crippen molar-refractivity contribution in [2.45, 2.75) is 26.4 Å². The molecule has 20 heavy (non-hydrogen) atoms. The highest BCUT2D eigenvalue weighted by atomic mass is 32.1. The predicted molar refractivity (Wildman–Crippen MR) is 86.7 cm³/mol. The van der Waals surface area contributed by atoms with E-state index in [1.165, 1.54) is 4.88 Å². The van der Waals surface area contributed by atoms with Crippen LogP contribution in [-0.2, 0) is 11.3 Å². The van der Waals surface area contributed by atoms with Crippen molar-refractivity contribution >= 4 is 16.5 Å². The molecule has 5 nitrogen and oxygen atoms in total. The highest BCUT2D eigenvalue weighted by Crippen LogP contribution is 2.24. The van der Waals surface area contributed by atoms with Crippen molar-refractivity contribution in [3.05, 3.63) is 11.1 Å². The van der Waals surface area contributed by atoms with Gasteiger partial charge in [0.2, 0.25) is 0 Å². The van der Waals surface area contributed by atoms with Crippen LogP contribution in [0.3, 0.4) is 0 Å². The van der Waals surface area contributed by atoms with E-state index in [9.17, 15) is 0 Å². The second kappa shape index (κ2) is 9.28. The van der Waals surface area contributed by atoms with E-state index in [0.717, 1.165) is 37.9 Å². The molecule has 1 rings (SSSR count). The minimum Gasteiger partial charge on any atom is -0.383 e. The van der Waals surface area contributed by atoms with E-state index in [2.05, 4.69) is 48.0 Å². The van der Waals surface area contributed by atoms with E-state index >= 15 is 0 Å². The van der Waals surface area contributed by atoms with Crippen molar-refractivity contribution in [2.75, 3.05) is 52.3 Å². The Hall–Kier alpha value is -0.690. The van der Waals surface area contributed by atoms with E-state index in [-0.39, 0.29) is 0 Å². The summed E-state index contributed by atoms with van der Waals surface area (Å²) in [5.74, 6) is 0. The zero-order chi connectivity index (χ0) is 15.0. The van der Waals surface area contributed by atoms with Crippen LogP contribution in [0.1, 0.15) is 18.7 Å². The third-order valence-electron chi connectivity index (χ3n) is 3.07. The molecule has 0 amide bonds. The molecule has 6 heteroatoms. The fraction of sp³-hybridized carbons (Fsp3) is 0.786. The van der Waals surface area contributed by atoms with Gasteiger partial charge in [0.15, 0.2) is 5.13 Å². The normalized spacial score (nSPS) is 12.9. The molecule has 1 heterocycles. The number of nitrogens with zero attached hydrogens (tertiary/aromatic N) is 3. The van der Waals surface area contributed by atoms with Crippen molar-refractivity contribution in [2.24, 2.45) is 0 Å². The molecule has 1 N–H and O–H groups in total. The summed E-state index contributed by atoms with van der Waals surface area (Å²) < 4.78 is 5.02. The Bertz CT molecular complexity index is 370. The van der Waals surface area contributed by atoms with Gasteiger partial charge < -0.3 is 19.9 Å². The fourth-order valence-corrected chi connectivity index (χ4v) is 3.21. The Morgan fingerprint density at radius 1 is 1.45 bits per heavy atom. The van der Waals surface area contributed by atoms with Gasteiger partial charge in [-0.3, -0.25) is 0 Å². The number of ether oxygens (including phenoxy) is 1. The van der Waals surface area contributed by atoms with E-state index in [1.54, 1.807) is 18.4 Å². The van der Waals surface area contributed by atoms with Gasteiger partial charge in [0.25, 0.3) is 0 Å². The monoisotopic (exact) mass is 300 g/mol. The van der Waals surface area contributed by atoms with Gasteiger partial charge >= 0.3 is 0 Å². The van der Waals surface area contributed by atoms with Crippen LogP contribution in [-0.4, -0.2) is 63.4 Å². The highest BCUT2D eigenvalue weighted by Gasteiger charge is 2.16. The van der Waals surface area contributed by atoms with Crippen molar-refractivity contribution in [3.63, 3.8) is 0 Å². The smallest absolute Gasteiger partial charge is 0.185 e. The Morgan fingerprint density at radius 3 is 2.80 bits per heavy atom. The molecule has 0 radical (unpaired) electrons. The lowest BCUT2D eigenvalue weighted by Crippen LogP contribution is -2.40.